The molecule has 4 fully saturated rings. The summed E-state index contributed by atoms with van der Waals surface area (Å²) < 4.78 is 0. The summed E-state index contributed by atoms with van der Waals surface area (Å²) >= 11 is 0. The van der Waals surface area contributed by atoms with Crippen molar-refractivity contribution in [2.75, 3.05) is 25.5 Å². The number of carbonyl (C=O) groups is 1. The van der Waals surface area contributed by atoms with Gasteiger partial charge >= 0.3 is 0 Å². The Labute approximate surface area is 138 Å². The highest BCUT2D eigenvalue weighted by Crippen LogP contribution is 2.59. The molecule has 23 heavy (non-hydrogen) atoms. The van der Waals surface area contributed by atoms with Gasteiger partial charge in [-0.3, -0.25) is 4.79 Å². The van der Waals surface area contributed by atoms with E-state index in [0.717, 1.165) is 30.1 Å². The molecule has 1 heterocycles. The fraction of sp³-hybridized carbons (Fsp3) is 0.684. The van der Waals surface area contributed by atoms with Gasteiger partial charge < -0.3 is 10.2 Å². The van der Waals surface area contributed by atoms with Gasteiger partial charge in [0.15, 0.2) is 0 Å². The van der Waals surface area contributed by atoms with E-state index in [2.05, 4.69) is 10.3 Å². The van der Waals surface area contributed by atoms with Crippen LogP contribution in [0.2, 0.25) is 0 Å². The fourth-order valence-corrected chi connectivity index (χ4v) is 5.80. The first-order valence-corrected chi connectivity index (χ1v) is 8.95. The van der Waals surface area contributed by atoms with Gasteiger partial charge in [-0.2, -0.15) is 0 Å². The largest absolute Gasteiger partial charge is 0.362 e. The maximum Gasteiger partial charge on any atom is 0.255 e. The van der Waals surface area contributed by atoms with Crippen molar-refractivity contribution >= 4 is 11.7 Å². The van der Waals surface area contributed by atoms with Gasteiger partial charge in [0.05, 0.1) is 5.56 Å². The van der Waals surface area contributed by atoms with Gasteiger partial charge in [0.1, 0.15) is 5.82 Å². The Morgan fingerprint density at radius 2 is 1.83 bits per heavy atom. The van der Waals surface area contributed by atoms with Crippen LogP contribution >= 0.6 is 0 Å². The van der Waals surface area contributed by atoms with Crippen LogP contribution in [-0.2, 0) is 0 Å². The number of pyridine rings is 1. The van der Waals surface area contributed by atoms with Gasteiger partial charge in [-0.25, -0.2) is 4.98 Å². The molecule has 5 rings (SSSR count). The predicted molar refractivity (Wildman–Crippen MR) is 91.5 cm³/mol. The predicted octanol–water partition coefficient (Wildman–Crippen LogP) is 3.09. The van der Waals surface area contributed by atoms with Gasteiger partial charge in [0, 0.05) is 26.8 Å². The summed E-state index contributed by atoms with van der Waals surface area (Å²) in [5, 5.41) is 3.25. The third-order valence-corrected chi connectivity index (χ3v) is 6.24. The van der Waals surface area contributed by atoms with E-state index in [1.165, 1.54) is 38.5 Å². The summed E-state index contributed by atoms with van der Waals surface area (Å²) in [6, 6.07) is 3.71. The average molecular weight is 313 g/mol. The Kier molecular flexibility index (Phi) is 3.58. The molecule has 4 aliphatic rings. The third-order valence-electron chi connectivity index (χ3n) is 6.24. The summed E-state index contributed by atoms with van der Waals surface area (Å²) in [5.74, 6) is 3.55. The van der Waals surface area contributed by atoms with Crippen LogP contribution in [-0.4, -0.2) is 31.5 Å². The van der Waals surface area contributed by atoms with Gasteiger partial charge in [-0.05, 0) is 73.8 Å². The molecular weight excluding hydrogens is 286 g/mol. The molecule has 1 amide bonds. The van der Waals surface area contributed by atoms with E-state index in [4.69, 9.17) is 0 Å². The van der Waals surface area contributed by atoms with Crippen LogP contribution < -0.4 is 10.2 Å². The van der Waals surface area contributed by atoms with Crippen molar-refractivity contribution < 1.29 is 4.79 Å². The number of aromatic nitrogens is 1. The molecule has 1 aromatic rings. The Hall–Kier alpha value is -1.58. The number of amides is 1. The molecule has 0 atom stereocenters. The Bertz CT molecular complexity index is 575. The fourth-order valence-electron chi connectivity index (χ4n) is 5.80. The van der Waals surface area contributed by atoms with E-state index in [9.17, 15) is 4.79 Å². The minimum Gasteiger partial charge on any atom is -0.362 e. The van der Waals surface area contributed by atoms with Gasteiger partial charge in [0.2, 0.25) is 0 Å². The maximum atomic E-state index is 12.7. The summed E-state index contributed by atoms with van der Waals surface area (Å²) in [7, 11) is 3.86. The van der Waals surface area contributed by atoms with Crippen LogP contribution in [0.15, 0.2) is 18.3 Å². The zero-order chi connectivity index (χ0) is 16.0. The first kappa shape index (κ1) is 15.0. The smallest absolute Gasteiger partial charge is 0.255 e. The highest BCUT2D eigenvalue weighted by Gasteiger charge is 2.50. The number of rotatable bonds is 4. The first-order valence-electron chi connectivity index (χ1n) is 8.95. The molecule has 4 aliphatic carbocycles. The van der Waals surface area contributed by atoms with Gasteiger partial charge in [-0.1, -0.05) is 0 Å². The van der Waals surface area contributed by atoms with Crippen LogP contribution in [0.4, 0.5) is 5.82 Å². The van der Waals surface area contributed by atoms with Crippen molar-refractivity contribution in [3.8, 4) is 0 Å². The second kappa shape index (κ2) is 5.50. The highest BCUT2D eigenvalue weighted by molar-refractivity contribution is 5.98. The molecule has 0 spiro atoms. The Morgan fingerprint density at radius 3 is 2.39 bits per heavy atom. The summed E-state index contributed by atoms with van der Waals surface area (Å²) in [5.41, 5.74) is 1.06. The maximum absolute atomic E-state index is 12.7. The molecule has 0 unspecified atom stereocenters. The van der Waals surface area contributed by atoms with Crippen molar-refractivity contribution in [2.45, 2.75) is 38.5 Å². The van der Waals surface area contributed by atoms with Crippen molar-refractivity contribution in [1.82, 2.24) is 10.3 Å². The second-order valence-corrected chi connectivity index (χ2v) is 8.37. The van der Waals surface area contributed by atoms with Gasteiger partial charge in [0.25, 0.3) is 5.91 Å². The van der Waals surface area contributed by atoms with Crippen LogP contribution in [0.5, 0.6) is 0 Å². The van der Waals surface area contributed by atoms with E-state index in [1.54, 1.807) is 6.20 Å². The molecule has 0 saturated heterocycles. The lowest BCUT2D eigenvalue weighted by atomic mass is 9.49. The molecule has 0 aliphatic heterocycles. The van der Waals surface area contributed by atoms with E-state index >= 15 is 0 Å². The molecule has 0 aromatic carbocycles. The molecular formula is C19H27N3O. The topological polar surface area (TPSA) is 45.2 Å². The Morgan fingerprint density at radius 1 is 1.22 bits per heavy atom. The lowest BCUT2D eigenvalue weighted by Gasteiger charge is -2.56. The standard InChI is InChI=1S/C19H27N3O/c1-22(2)17-16(4-3-5-20-17)18(23)21-12-19-9-13-6-14(10-19)8-15(7-13)11-19/h3-5,13-15H,6-12H2,1-2H3,(H,21,23). The monoisotopic (exact) mass is 313 g/mol. The van der Waals surface area contributed by atoms with Crippen LogP contribution in [0.25, 0.3) is 0 Å². The molecule has 1 N–H and O–H groups in total. The van der Waals surface area contributed by atoms with Crippen molar-refractivity contribution in [1.29, 1.82) is 0 Å². The van der Waals surface area contributed by atoms with Crippen LogP contribution in [0, 0.1) is 23.2 Å². The molecule has 1 aromatic heterocycles. The SMILES string of the molecule is CN(C)c1ncccc1C(=O)NCC12CC3CC(CC(C3)C1)C2. The molecule has 4 nitrogen and oxygen atoms in total. The summed E-state index contributed by atoms with van der Waals surface area (Å²) in [6.07, 6.45) is 10.1. The van der Waals surface area contributed by atoms with Crippen LogP contribution in [0.1, 0.15) is 48.9 Å². The molecule has 4 heteroatoms. The molecule has 0 radical (unpaired) electrons. The molecule has 4 saturated carbocycles. The first-order chi connectivity index (χ1) is 11.0. The molecule has 4 bridgehead atoms. The summed E-state index contributed by atoms with van der Waals surface area (Å²) in [6.45, 7) is 0.844. The van der Waals surface area contributed by atoms with Crippen molar-refractivity contribution in [2.24, 2.45) is 23.2 Å². The van der Waals surface area contributed by atoms with Crippen LogP contribution in [0.3, 0.4) is 0 Å². The number of hydrogen-bond acceptors (Lipinski definition) is 3. The normalized spacial score (nSPS) is 34.4. The zero-order valence-electron chi connectivity index (χ0n) is 14.2. The minimum atomic E-state index is 0.0255. The zero-order valence-corrected chi connectivity index (χ0v) is 14.2. The van der Waals surface area contributed by atoms with Crippen molar-refractivity contribution in [3.05, 3.63) is 23.9 Å². The average Bonchev–Trinajstić information content (AvgIpc) is 2.51. The quantitative estimate of drug-likeness (QED) is 0.929. The second-order valence-electron chi connectivity index (χ2n) is 8.37. The number of nitrogens with zero attached hydrogens (tertiary/aromatic N) is 2. The number of carbonyl (C=O) groups excluding carboxylic acids is 1. The lowest BCUT2D eigenvalue weighted by Crippen LogP contribution is -2.51. The van der Waals surface area contributed by atoms with E-state index in [-0.39, 0.29) is 5.91 Å². The number of anilines is 1. The van der Waals surface area contributed by atoms with E-state index in [1.807, 2.05) is 31.1 Å². The number of nitrogens with one attached hydrogen (secondary N) is 1. The Balaban J connectivity index is 1.46. The minimum absolute atomic E-state index is 0.0255. The number of hydrogen-bond donors (Lipinski definition) is 1. The lowest BCUT2D eigenvalue weighted by molar-refractivity contribution is -0.0503. The van der Waals surface area contributed by atoms with Crippen molar-refractivity contribution in [3.63, 3.8) is 0 Å². The van der Waals surface area contributed by atoms with E-state index < -0.39 is 0 Å². The third kappa shape index (κ3) is 2.73. The molecule has 124 valence electrons. The van der Waals surface area contributed by atoms with E-state index in [0.29, 0.717) is 11.0 Å². The van der Waals surface area contributed by atoms with Gasteiger partial charge in [-0.15, -0.1) is 0 Å². The highest BCUT2D eigenvalue weighted by atomic mass is 16.1. The summed E-state index contributed by atoms with van der Waals surface area (Å²) in [4.78, 5) is 18.9.